The molecule has 0 unspecified atom stereocenters. The molecule has 0 aliphatic heterocycles. The molecular formula is C13H16BrN3O. The molecule has 0 aliphatic carbocycles. The number of ether oxygens (including phenoxy) is 1. The van der Waals surface area contributed by atoms with Crippen LogP contribution in [-0.4, -0.2) is 17.1 Å². The maximum Gasteiger partial charge on any atom is 0.183 e. The number of halogens is 1. The first kappa shape index (κ1) is 14.7. The third-order valence-corrected chi connectivity index (χ3v) is 2.63. The van der Waals surface area contributed by atoms with Gasteiger partial charge in [-0.25, -0.2) is 4.98 Å². The largest absolute Gasteiger partial charge is 0.489 e. The van der Waals surface area contributed by atoms with Gasteiger partial charge in [-0.05, 0) is 48.3 Å². The molecule has 0 radical (unpaired) electrons. The number of aromatic nitrogens is 1. The van der Waals surface area contributed by atoms with Crippen molar-refractivity contribution in [3.8, 4) is 11.8 Å². The van der Waals surface area contributed by atoms with E-state index in [1.807, 2.05) is 19.9 Å². The number of nitriles is 1. The van der Waals surface area contributed by atoms with Crippen LogP contribution in [0.1, 0.15) is 26.0 Å². The summed E-state index contributed by atoms with van der Waals surface area (Å²) < 4.78 is 6.18. The van der Waals surface area contributed by atoms with E-state index in [2.05, 4.69) is 27.5 Å². The number of hydrogen-bond donors (Lipinski definition) is 1. The van der Waals surface area contributed by atoms with Crippen LogP contribution in [0.15, 0.2) is 28.9 Å². The van der Waals surface area contributed by atoms with Crippen molar-refractivity contribution in [3.63, 3.8) is 0 Å². The third kappa shape index (κ3) is 4.47. The highest BCUT2D eigenvalue weighted by molar-refractivity contribution is 9.10. The normalized spacial score (nSPS) is 13.5. The van der Waals surface area contributed by atoms with Crippen LogP contribution in [0.4, 0.5) is 0 Å². The SMILES string of the molecule is C=C(C)C[C@](C)(N)COc1ccc(Br)nc1C#N. The summed E-state index contributed by atoms with van der Waals surface area (Å²) in [5.74, 6) is 0.444. The number of hydrogen-bond acceptors (Lipinski definition) is 4. The van der Waals surface area contributed by atoms with Gasteiger partial charge in [-0.2, -0.15) is 5.26 Å². The van der Waals surface area contributed by atoms with E-state index in [9.17, 15) is 0 Å². The fraction of sp³-hybridized carbons (Fsp3) is 0.385. The van der Waals surface area contributed by atoms with Crippen molar-refractivity contribution in [2.24, 2.45) is 5.73 Å². The molecule has 1 aromatic rings. The Bertz CT molecular complexity index is 491. The summed E-state index contributed by atoms with van der Waals surface area (Å²) in [6.07, 6.45) is 0.666. The molecule has 0 spiro atoms. The van der Waals surface area contributed by atoms with Crippen molar-refractivity contribution in [2.75, 3.05) is 6.61 Å². The molecule has 1 rings (SSSR count). The zero-order valence-corrected chi connectivity index (χ0v) is 12.1. The summed E-state index contributed by atoms with van der Waals surface area (Å²) in [5, 5.41) is 8.96. The molecule has 1 heterocycles. The van der Waals surface area contributed by atoms with E-state index < -0.39 is 5.54 Å². The summed E-state index contributed by atoms with van der Waals surface area (Å²) in [7, 11) is 0. The zero-order valence-electron chi connectivity index (χ0n) is 10.5. The van der Waals surface area contributed by atoms with Crippen LogP contribution >= 0.6 is 15.9 Å². The first-order chi connectivity index (χ1) is 8.34. The van der Waals surface area contributed by atoms with Crippen LogP contribution in [0.25, 0.3) is 0 Å². The van der Waals surface area contributed by atoms with Gasteiger partial charge in [0.15, 0.2) is 11.4 Å². The molecule has 1 aromatic heterocycles. The lowest BCUT2D eigenvalue weighted by atomic mass is 9.96. The lowest BCUT2D eigenvalue weighted by molar-refractivity contribution is 0.228. The summed E-state index contributed by atoms with van der Waals surface area (Å²) in [5.41, 5.74) is 6.82. The minimum atomic E-state index is -0.508. The lowest BCUT2D eigenvalue weighted by Crippen LogP contribution is -2.42. The van der Waals surface area contributed by atoms with Gasteiger partial charge in [0.25, 0.3) is 0 Å². The van der Waals surface area contributed by atoms with E-state index >= 15 is 0 Å². The Balaban J connectivity index is 2.75. The molecule has 0 saturated heterocycles. The molecule has 96 valence electrons. The van der Waals surface area contributed by atoms with Crippen LogP contribution in [-0.2, 0) is 0 Å². The molecule has 4 nitrogen and oxygen atoms in total. The van der Waals surface area contributed by atoms with E-state index in [0.717, 1.165) is 5.57 Å². The van der Waals surface area contributed by atoms with Crippen LogP contribution in [0.5, 0.6) is 5.75 Å². The van der Waals surface area contributed by atoms with E-state index in [-0.39, 0.29) is 5.69 Å². The van der Waals surface area contributed by atoms with Crippen LogP contribution in [0, 0.1) is 11.3 Å². The second-order valence-electron chi connectivity index (χ2n) is 4.67. The fourth-order valence-electron chi connectivity index (χ4n) is 1.60. The fourth-order valence-corrected chi connectivity index (χ4v) is 1.91. The van der Waals surface area contributed by atoms with Gasteiger partial charge in [0.1, 0.15) is 17.3 Å². The lowest BCUT2D eigenvalue weighted by Gasteiger charge is -2.25. The van der Waals surface area contributed by atoms with E-state index in [1.54, 1.807) is 12.1 Å². The van der Waals surface area contributed by atoms with Crippen molar-refractivity contribution in [3.05, 3.63) is 34.6 Å². The quantitative estimate of drug-likeness (QED) is 0.670. The Morgan fingerprint density at radius 1 is 1.67 bits per heavy atom. The van der Waals surface area contributed by atoms with Gasteiger partial charge in [-0.1, -0.05) is 5.57 Å². The van der Waals surface area contributed by atoms with Crippen molar-refractivity contribution >= 4 is 15.9 Å². The number of rotatable bonds is 5. The number of nitrogens with zero attached hydrogens (tertiary/aromatic N) is 2. The van der Waals surface area contributed by atoms with Gasteiger partial charge in [-0.3, -0.25) is 0 Å². The van der Waals surface area contributed by atoms with Crippen LogP contribution in [0.3, 0.4) is 0 Å². The van der Waals surface area contributed by atoms with Crippen molar-refractivity contribution in [1.29, 1.82) is 5.26 Å². The molecule has 18 heavy (non-hydrogen) atoms. The van der Waals surface area contributed by atoms with Gasteiger partial charge < -0.3 is 10.5 Å². The molecule has 0 saturated carbocycles. The van der Waals surface area contributed by atoms with Crippen molar-refractivity contribution in [1.82, 2.24) is 4.98 Å². The highest BCUT2D eigenvalue weighted by Crippen LogP contribution is 2.21. The highest BCUT2D eigenvalue weighted by atomic mass is 79.9. The third-order valence-electron chi connectivity index (χ3n) is 2.19. The van der Waals surface area contributed by atoms with E-state index in [1.165, 1.54) is 0 Å². The number of nitrogens with two attached hydrogens (primary N) is 1. The molecule has 0 fully saturated rings. The van der Waals surface area contributed by atoms with Crippen molar-refractivity contribution < 1.29 is 4.74 Å². The summed E-state index contributed by atoms with van der Waals surface area (Å²) in [6, 6.07) is 5.41. The molecule has 0 aliphatic rings. The zero-order chi connectivity index (χ0) is 13.8. The molecule has 0 aromatic carbocycles. The first-order valence-electron chi connectivity index (χ1n) is 5.47. The Labute approximate surface area is 116 Å². The second-order valence-corrected chi connectivity index (χ2v) is 5.48. The van der Waals surface area contributed by atoms with E-state index in [0.29, 0.717) is 23.4 Å². The van der Waals surface area contributed by atoms with Gasteiger partial charge in [0.2, 0.25) is 0 Å². The Morgan fingerprint density at radius 3 is 2.89 bits per heavy atom. The maximum absolute atomic E-state index is 8.96. The van der Waals surface area contributed by atoms with Gasteiger partial charge in [0.05, 0.1) is 5.54 Å². The second kappa shape index (κ2) is 5.98. The van der Waals surface area contributed by atoms with Crippen LogP contribution in [0.2, 0.25) is 0 Å². The Kier molecular flexibility index (Phi) is 4.88. The smallest absolute Gasteiger partial charge is 0.183 e. The van der Waals surface area contributed by atoms with Crippen molar-refractivity contribution in [2.45, 2.75) is 25.8 Å². The summed E-state index contributed by atoms with van der Waals surface area (Å²) in [6.45, 7) is 7.95. The molecule has 0 bridgehead atoms. The minimum Gasteiger partial charge on any atom is -0.489 e. The standard InChI is InChI=1S/C13H16BrN3O/c1-9(2)6-13(3,16)8-18-11-4-5-12(14)17-10(11)7-15/h4-5H,1,6,8,16H2,2-3H3/t13-/m0/s1. The topological polar surface area (TPSA) is 71.9 Å². The minimum absolute atomic E-state index is 0.246. The predicted molar refractivity (Wildman–Crippen MR) is 74.2 cm³/mol. The number of pyridine rings is 1. The average Bonchev–Trinajstić information content (AvgIpc) is 2.25. The first-order valence-corrected chi connectivity index (χ1v) is 6.26. The molecule has 5 heteroatoms. The molecule has 1 atom stereocenters. The summed E-state index contributed by atoms with van der Waals surface area (Å²) >= 11 is 3.21. The van der Waals surface area contributed by atoms with Gasteiger partial charge >= 0.3 is 0 Å². The highest BCUT2D eigenvalue weighted by Gasteiger charge is 2.20. The average molecular weight is 310 g/mol. The van der Waals surface area contributed by atoms with Crippen LogP contribution < -0.4 is 10.5 Å². The summed E-state index contributed by atoms with van der Waals surface area (Å²) in [4.78, 5) is 4.03. The monoisotopic (exact) mass is 309 g/mol. The predicted octanol–water partition coefficient (Wildman–Crippen LogP) is 2.78. The Morgan fingerprint density at radius 2 is 2.33 bits per heavy atom. The molecular weight excluding hydrogens is 294 g/mol. The Hall–Kier alpha value is -1.38. The van der Waals surface area contributed by atoms with Gasteiger partial charge in [0, 0.05) is 0 Å². The molecule has 2 N–H and O–H groups in total. The molecule has 0 amide bonds. The maximum atomic E-state index is 8.96. The van der Waals surface area contributed by atoms with Gasteiger partial charge in [-0.15, -0.1) is 6.58 Å². The van der Waals surface area contributed by atoms with E-state index in [4.69, 9.17) is 15.7 Å².